The first-order chi connectivity index (χ1) is 30.7. The van der Waals surface area contributed by atoms with Gasteiger partial charge in [0.15, 0.2) is 5.65 Å². The molecule has 1 aliphatic heterocycles. The topological polar surface area (TPSA) is 268 Å². The Morgan fingerprint density at radius 2 is 1.73 bits per heavy atom. The standard InChI is InChI=1S/C40H56BrN13O9S/c1-5-17-64-49-27-18-28(19-27)52(4)35-29-12-14-54(36(29)45-24-44-35)39(60)50(2)15-16-51(3)40(61)62-23-25-8-10-26(11-9-25)46-34(57)22-43-37(58)31-7-6-13-53(31)38(59)30(20-32(42)55)47-63-48-33(56)21-41/h8-12,14,24,27-28,30-31,47,49H,5-7,13,15-23H2,1-4H3,(H2,42,55)(H,43,58)(H,46,57)(H,48,56). The van der Waals surface area contributed by atoms with E-state index in [1.54, 1.807) is 56.5 Å². The van der Waals surface area contributed by atoms with Gasteiger partial charge in [-0.2, -0.15) is 10.4 Å². The Morgan fingerprint density at radius 1 is 1.00 bits per heavy atom. The molecule has 2 aliphatic rings. The Hall–Kier alpha value is -5.56. The summed E-state index contributed by atoms with van der Waals surface area (Å²) in [4.78, 5) is 108. The van der Waals surface area contributed by atoms with Crippen LogP contribution >= 0.6 is 27.9 Å². The quantitative estimate of drug-likeness (QED) is 0.0360. The maximum Gasteiger partial charge on any atom is 0.409 e. The molecule has 348 valence electrons. The third-order valence-electron chi connectivity index (χ3n) is 10.7. The van der Waals surface area contributed by atoms with Crippen molar-refractivity contribution in [2.75, 3.05) is 68.6 Å². The van der Waals surface area contributed by atoms with Crippen molar-refractivity contribution in [3.63, 3.8) is 0 Å². The Labute approximate surface area is 383 Å². The van der Waals surface area contributed by atoms with Gasteiger partial charge in [0.05, 0.1) is 23.7 Å². The minimum absolute atomic E-state index is 0.0477. The van der Waals surface area contributed by atoms with E-state index in [-0.39, 0.29) is 44.1 Å². The van der Waals surface area contributed by atoms with Crippen molar-refractivity contribution >= 4 is 92.1 Å². The Kier molecular flexibility index (Phi) is 18.5. The van der Waals surface area contributed by atoms with Crippen LogP contribution < -0.4 is 36.9 Å². The summed E-state index contributed by atoms with van der Waals surface area (Å²) in [7, 11) is 5.25. The van der Waals surface area contributed by atoms with Gasteiger partial charge in [-0.05, 0) is 55.9 Å². The van der Waals surface area contributed by atoms with Gasteiger partial charge in [0.25, 0.3) is 5.91 Å². The molecular formula is C40H56BrN13O9S. The molecule has 1 saturated carbocycles. The number of fused-ring (bicyclic) bond motifs is 1. The van der Waals surface area contributed by atoms with Crippen molar-refractivity contribution in [1.82, 2.24) is 50.2 Å². The molecule has 2 atom stereocenters. The van der Waals surface area contributed by atoms with Crippen LogP contribution in [0.25, 0.3) is 11.0 Å². The fourth-order valence-electron chi connectivity index (χ4n) is 6.99. The maximum atomic E-state index is 13.5. The lowest BCUT2D eigenvalue weighted by Gasteiger charge is -2.42. The third kappa shape index (κ3) is 13.5. The number of likely N-dealkylation sites (tertiary alicyclic amines) is 1. The highest BCUT2D eigenvalue weighted by Crippen LogP contribution is 2.32. The molecule has 3 heterocycles. The summed E-state index contributed by atoms with van der Waals surface area (Å²) < 4.78 is 10.5. The van der Waals surface area contributed by atoms with Gasteiger partial charge in [0.1, 0.15) is 30.8 Å². The number of hydroxylamine groups is 2. The molecule has 0 radical (unpaired) electrons. The molecule has 0 spiro atoms. The number of aromatic nitrogens is 3. The van der Waals surface area contributed by atoms with E-state index in [0.29, 0.717) is 41.8 Å². The van der Waals surface area contributed by atoms with Gasteiger partial charge >= 0.3 is 12.1 Å². The van der Waals surface area contributed by atoms with Crippen LogP contribution in [0.1, 0.15) is 51.0 Å². The lowest BCUT2D eigenvalue weighted by Crippen LogP contribution is -2.54. The number of amides is 7. The van der Waals surface area contributed by atoms with Crippen molar-refractivity contribution in [3.05, 3.63) is 48.4 Å². The van der Waals surface area contributed by atoms with Gasteiger partial charge in [-0.1, -0.05) is 46.9 Å². The molecule has 1 saturated heterocycles. The number of alkyl halides is 1. The molecule has 2 unspecified atom stereocenters. The molecule has 2 fully saturated rings. The van der Waals surface area contributed by atoms with E-state index < -0.39 is 54.1 Å². The number of nitrogens with zero attached hydrogens (tertiary/aromatic N) is 7. The third-order valence-corrected chi connectivity index (χ3v) is 12.3. The molecule has 2 aromatic heterocycles. The predicted molar refractivity (Wildman–Crippen MR) is 241 cm³/mol. The van der Waals surface area contributed by atoms with Crippen LogP contribution in [0.15, 0.2) is 42.9 Å². The van der Waals surface area contributed by atoms with Crippen LogP contribution in [0, 0.1) is 0 Å². The van der Waals surface area contributed by atoms with Crippen LogP contribution in [0.3, 0.4) is 0 Å². The van der Waals surface area contributed by atoms with Crippen LogP contribution in [-0.4, -0.2) is 153 Å². The second-order valence-electron chi connectivity index (χ2n) is 15.5. The molecule has 7 amide bonds. The lowest BCUT2D eigenvalue weighted by molar-refractivity contribution is -0.153. The number of benzene rings is 1. The highest BCUT2D eigenvalue weighted by atomic mass is 79.9. The van der Waals surface area contributed by atoms with E-state index in [9.17, 15) is 33.6 Å². The normalized spacial score (nSPS) is 17.2. The van der Waals surface area contributed by atoms with Gasteiger partial charge in [-0.15, -0.1) is 0 Å². The number of nitrogens with two attached hydrogens (primary N) is 1. The number of carbonyl (C=O) groups excluding carboxylic acids is 7. The minimum Gasteiger partial charge on any atom is -0.445 e. The monoisotopic (exact) mass is 973 g/mol. The highest BCUT2D eigenvalue weighted by Gasteiger charge is 2.38. The van der Waals surface area contributed by atoms with Crippen molar-refractivity contribution in [2.45, 2.75) is 76.2 Å². The first-order valence-electron chi connectivity index (χ1n) is 20.8. The number of nitrogens with one attached hydrogen (secondary N) is 5. The van der Waals surface area contributed by atoms with Crippen molar-refractivity contribution in [1.29, 1.82) is 0 Å². The number of carbonyl (C=O) groups is 7. The van der Waals surface area contributed by atoms with E-state index >= 15 is 0 Å². The summed E-state index contributed by atoms with van der Waals surface area (Å²) in [5.74, 6) is -1.25. The fourth-order valence-corrected chi connectivity index (χ4v) is 7.86. The molecule has 22 nitrogen and oxygen atoms in total. The number of halogens is 1. The number of anilines is 2. The Morgan fingerprint density at radius 3 is 2.44 bits per heavy atom. The van der Waals surface area contributed by atoms with Crippen LogP contribution in [0.4, 0.5) is 21.1 Å². The van der Waals surface area contributed by atoms with Gasteiger partial charge in [-0.3, -0.25) is 33.3 Å². The number of rotatable bonds is 22. The number of likely N-dealkylation sites (N-methyl/N-ethyl adjacent to an activating group) is 2. The molecule has 1 aliphatic carbocycles. The van der Waals surface area contributed by atoms with Gasteiger partial charge in [-0.25, -0.2) is 25.0 Å². The van der Waals surface area contributed by atoms with Gasteiger partial charge in [0.2, 0.25) is 23.6 Å². The average molecular weight is 975 g/mol. The molecule has 3 aromatic rings. The molecule has 5 rings (SSSR count). The molecule has 0 bridgehead atoms. The Balaban J connectivity index is 1.02. The zero-order chi connectivity index (χ0) is 46.3. The van der Waals surface area contributed by atoms with Crippen molar-refractivity contribution < 1.29 is 43.2 Å². The van der Waals surface area contributed by atoms with E-state index in [1.165, 1.54) is 25.6 Å². The zero-order valence-corrected chi connectivity index (χ0v) is 38.6. The number of ether oxygens (including phenoxy) is 1. The molecule has 7 N–H and O–H groups in total. The van der Waals surface area contributed by atoms with Crippen LogP contribution in [-0.2, 0) is 40.3 Å². The smallest absolute Gasteiger partial charge is 0.409 e. The number of hydrogen-bond donors (Lipinski definition) is 6. The predicted octanol–water partition coefficient (Wildman–Crippen LogP) is 1.45. The van der Waals surface area contributed by atoms with E-state index in [2.05, 4.69) is 58.6 Å². The zero-order valence-electron chi connectivity index (χ0n) is 36.2. The Bertz CT molecular complexity index is 2120. The maximum absolute atomic E-state index is 13.5. The summed E-state index contributed by atoms with van der Waals surface area (Å²) in [5, 5.41) is 5.93. The number of primary amides is 1. The second-order valence-corrected chi connectivity index (χ2v) is 16.9. The van der Waals surface area contributed by atoms with E-state index in [0.717, 1.165) is 36.2 Å². The highest BCUT2D eigenvalue weighted by molar-refractivity contribution is 9.09. The molecular weight excluding hydrogens is 918 g/mol. The number of hydrogen-bond acceptors (Lipinski definition) is 15. The first-order valence-corrected chi connectivity index (χ1v) is 22.9. The summed E-state index contributed by atoms with van der Waals surface area (Å²) in [6.07, 6.45) is 6.07. The minimum atomic E-state index is -1.28. The summed E-state index contributed by atoms with van der Waals surface area (Å²) in [6, 6.07) is 6.72. The van der Waals surface area contributed by atoms with Crippen LogP contribution in [0.5, 0.6) is 0 Å². The fraction of sp³-hybridized carbons (Fsp3) is 0.525. The van der Waals surface area contributed by atoms with Crippen LogP contribution in [0.2, 0.25) is 0 Å². The van der Waals surface area contributed by atoms with Gasteiger partial charge in [0, 0.05) is 70.5 Å². The summed E-state index contributed by atoms with van der Waals surface area (Å²) in [6.45, 7) is 2.37. The van der Waals surface area contributed by atoms with E-state index in [4.69, 9.17) is 15.4 Å². The lowest BCUT2D eigenvalue weighted by atomic mass is 9.86. The average Bonchev–Trinajstić information content (AvgIpc) is 3.95. The van der Waals surface area contributed by atoms with E-state index in [1.807, 2.05) is 18.6 Å². The van der Waals surface area contributed by atoms with Gasteiger partial charge < -0.3 is 40.7 Å². The largest absolute Gasteiger partial charge is 0.445 e. The second kappa shape index (κ2) is 23.9. The molecule has 64 heavy (non-hydrogen) atoms. The summed E-state index contributed by atoms with van der Waals surface area (Å²) >= 11 is 4.71. The first kappa shape index (κ1) is 49.5. The summed E-state index contributed by atoms with van der Waals surface area (Å²) in [5.41, 5.74) is 11.2. The van der Waals surface area contributed by atoms with Crippen molar-refractivity contribution in [2.24, 2.45) is 5.73 Å². The molecule has 24 heteroatoms. The van der Waals surface area contributed by atoms with Crippen molar-refractivity contribution in [3.8, 4) is 0 Å². The molecule has 1 aromatic carbocycles. The SMILES string of the molecule is CCCSNC1CC(N(C)c2ncnc3c2ccn3C(=O)N(C)CCN(C)C(=O)OCc2ccc(NC(=O)CNC(=O)C3CCCN3C(=O)C(CC(N)=O)NONC(=O)CBr)cc2)C1.